The molecule has 1 atom stereocenters. The summed E-state index contributed by atoms with van der Waals surface area (Å²) in [6.07, 6.45) is 1.15. The Hall–Kier alpha value is -0.900. The first kappa shape index (κ1) is 11.2. The maximum Gasteiger partial charge on any atom is 0.142 e. The van der Waals surface area contributed by atoms with Crippen LogP contribution in [0.15, 0.2) is 12.3 Å². The van der Waals surface area contributed by atoms with Crippen molar-refractivity contribution in [2.75, 3.05) is 11.9 Å². The molecule has 1 rings (SSSR count). The van der Waals surface area contributed by atoms with Crippen LogP contribution in [0.1, 0.15) is 6.92 Å². The van der Waals surface area contributed by atoms with Crippen molar-refractivity contribution in [2.45, 2.75) is 6.92 Å². The second kappa shape index (κ2) is 5.10. The number of rotatable bonds is 3. The molecule has 1 unspecified atom stereocenters. The van der Waals surface area contributed by atoms with Crippen molar-refractivity contribution >= 4 is 28.4 Å². The van der Waals surface area contributed by atoms with Gasteiger partial charge in [-0.1, -0.05) is 0 Å². The molecule has 1 N–H and O–H groups in total. The van der Waals surface area contributed by atoms with Crippen LogP contribution in [0.25, 0.3) is 0 Å². The maximum absolute atomic E-state index is 12.7. The molecule has 0 spiro atoms. The number of nitriles is 1. The van der Waals surface area contributed by atoms with Crippen LogP contribution in [0, 0.1) is 26.6 Å². The van der Waals surface area contributed by atoms with E-state index >= 15 is 0 Å². The minimum absolute atomic E-state index is 0.0855. The lowest BCUT2D eigenvalue weighted by Gasteiger charge is -2.07. The Morgan fingerprint density at radius 1 is 1.79 bits per heavy atom. The van der Waals surface area contributed by atoms with Gasteiger partial charge in [0.2, 0.25) is 0 Å². The van der Waals surface area contributed by atoms with E-state index in [2.05, 4.69) is 16.4 Å². The molecule has 0 aliphatic rings. The summed E-state index contributed by atoms with van der Waals surface area (Å²) < 4.78 is 13.4. The summed E-state index contributed by atoms with van der Waals surface area (Å²) in [5.41, 5.74) is 0. The van der Waals surface area contributed by atoms with E-state index in [1.165, 1.54) is 6.07 Å². The minimum atomic E-state index is -0.353. The van der Waals surface area contributed by atoms with Gasteiger partial charge >= 0.3 is 0 Å². The van der Waals surface area contributed by atoms with Crippen LogP contribution in [-0.2, 0) is 0 Å². The minimum Gasteiger partial charge on any atom is -0.368 e. The standard InChI is InChI=1S/C9H9FIN3/c1-6(3-12)4-13-9-8(11)2-7(10)5-14-9/h2,5-6H,4H2,1H3,(H,13,14). The Labute approximate surface area is 95.5 Å². The summed E-state index contributed by atoms with van der Waals surface area (Å²) in [6.45, 7) is 2.33. The van der Waals surface area contributed by atoms with Crippen LogP contribution in [0.4, 0.5) is 10.2 Å². The number of aromatic nitrogens is 1. The van der Waals surface area contributed by atoms with Gasteiger partial charge in [0.15, 0.2) is 0 Å². The highest BCUT2D eigenvalue weighted by atomic mass is 127. The van der Waals surface area contributed by atoms with E-state index < -0.39 is 0 Å². The lowest BCUT2D eigenvalue weighted by molar-refractivity contribution is 0.620. The third kappa shape index (κ3) is 3.10. The zero-order valence-electron chi connectivity index (χ0n) is 7.59. The molecule has 1 aromatic rings. The molecule has 0 radical (unpaired) electrons. The molecule has 0 aliphatic heterocycles. The molecule has 5 heteroatoms. The zero-order chi connectivity index (χ0) is 10.6. The molecular formula is C9H9FIN3. The van der Waals surface area contributed by atoms with Gasteiger partial charge in [-0.15, -0.1) is 0 Å². The van der Waals surface area contributed by atoms with Crippen LogP contribution >= 0.6 is 22.6 Å². The Bertz CT molecular complexity index is 362. The van der Waals surface area contributed by atoms with Crippen molar-refractivity contribution < 1.29 is 4.39 Å². The Morgan fingerprint density at radius 2 is 2.50 bits per heavy atom. The number of hydrogen-bond donors (Lipinski definition) is 1. The van der Waals surface area contributed by atoms with Gasteiger partial charge < -0.3 is 5.32 Å². The Morgan fingerprint density at radius 3 is 3.07 bits per heavy atom. The van der Waals surface area contributed by atoms with E-state index in [1.54, 1.807) is 0 Å². The molecule has 1 heterocycles. The smallest absolute Gasteiger partial charge is 0.142 e. The van der Waals surface area contributed by atoms with E-state index in [1.807, 2.05) is 29.5 Å². The fourth-order valence-corrected chi connectivity index (χ4v) is 1.47. The van der Waals surface area contributed by atoms with Crippen LogP contribution in [0.2, 0.25) is 0 Å². The summed E-state index contributed by atoms with van der Waals surface area (Å²) in [5, 5.41) is 11.5. The van der Waals surface area contributed by atoms with Crippen molar-refractivity contribution in [1.82, 2.24) is 4.98 Å². The van der Waals surface area contributed by atoms with E-state index in [4.69, 9.17) is 5.26 Å². The monoisotopic (exact) mass is 305 g/mol. The molecule has 0 fully saturated rings. The van der Waals surface area contributed by atoms with Crippen molar-refractivity contribution in [3.05, 3.63) is 21.7 Å². The normalized spacial score (nSPS) is 11.9. The Kier molecular flexibility index (Phi) is 4.07. The second-order valence-electron chi connectivity index (χ2n) is 2.90. The van der Waals surface area contributed by atoms with Crippen molar-refractivity contribution in [3.8, 4) is 6.07 Å². The zero-order valence-corrected chi connectivity index (χ0v) is 9.75. The van der Waals surface area contributed by atoms with E-state index in [9.17, 15) is 4.39 Å². The molecule has 0 saturated carbocycles. The van der Waals surface area contributed by atoms with E-state index in [0.29, 0.717) is 15.9 Å². The van der Waals surface area contributed by atoms with Crippen molar-refractivity contribution in [2.24, 2.45) is 5.92 Å². The van der Waals surface area contributed by atoms with Crippen LogP contribution in [0.5, 0.6) is 0 Å². The van der Waals surface area contributed by atoms with Crippen molar-refractivity contribution in [1.29, 1.82) is 5.26 Å². The molecule has 0 bridgehead atoms. The highest BCUT2D eigenvalue weighted by Gasteiger charge is 2.04. The molecule has 74 valence electrons. The van der Waals surface area contributed by atoms with Gasteiger partial charge in [-0.25, -0.2) is 9.37 Å². The van der Waals surface area contributed by atoms with E-state index in [0.717, 1.165) is 6.20 Å². The fourth-order valence-electron chi connectivity index (χ4n) is 0.840. The molecule has 1 aromatic heterocycles. The Balaban J connectivity index is 2.64. The molecule has 3 nitrogen and oxygen atoms in total. The van der Waals surface area contributed by atoms with Gasteiger partial charge in [0.1, 0.15) is 11.6 Å². The molecule has 0 amide bonds. The quantitative estimate of drug-likeness (QED) is 0.872. The third-order valence-corrected chi connectivity index (χ3v) is 2.43. The molecular weight excluding hydrogens is 296 g/mol. The third-order valence-electron chi connectivity index (χ3n) is 1.60. The van der Waals surface area contributed by atoms with Gasteiger partial charge in [0.05, 0.1) is 21.8 Å². The van der Waals surface area contributed by atoms with Crippen LogP contribution in [0.3, 0.4) is 0 Å². The summed E-state index contributed by atoms with van der Waals surface area (Å²) in [5.74, 6) is 0.181. The molecule has 0 aliphatic carbocycles. The van der Waals surface area contributed by atoms with Crippen LogP contribution in [-0.4, -0.2) is 11.5 Å². The van der Waals surface area contributed by atoms with Crippen molar-refractivity contribution in [3.63, 3.8) is 0 Å². The average molecular weight is 305 g/mol. The first-order valence-corrected chi connectivity index (χ1v) is 5.16. The fraction of sp³-hybridized carbons (Fsp3) is 0.333. The van der Waals surface area contributed by atoms with Gasteiger partial charge in [0.25, 0.3) is 0 Å². The molecule has 0 aromatic carbocycles. The number of anilines is 1. The number of hydrogen-bond acceptors (Lipinski definition) is 3. The first-order valence-electron chi connectivity index (χ1n) is 4.08. The van der Waals surface area contributed by atoms with Gasteiger partial charge in [0, 0.05) is 6.54 Å². The average Bonchev–Trinajstić information content (AvgIpc) is 2.16. The van der Waals surface area contributed by atoms with Crippen LogP contribution < -0.4 is 5.32 Å². The lowest BCUT2D eigenvalue weighted by Crippen LogP contribution is -2.11. The summed E-state index contributed by atoms with van der Waals surface area (Å²) in [6, 6.07) is 3.49. The lowest BCUT2D eigenvalue weighted by atomic mass is 10.2. The number of pyridine rings is 1. The van der Waals surface area contributed by atoms with E-state index in [-0.39, 0.29) is 11.7 Å². The highest BCUT2D eigenvalue weighted by Crippen LogP contribution is 2.15. The maximum atomic E-state index is 12.7. The predicted octanol–water partition coefficient (Wildman–Crippen LogP) is 2.40. The summed E-state index contributed by atoms with van der Waals surface area (Å²) in [4.78, 5) is 3.88. The predicted molar refractivity (Wildman–Crippen MR) is 60.2 cm³/mol. The van der Waals surface area contributed by atoms with Gasteiger partial charge in [-0.05, 0) is 35.6 Å². The molecule has 14 heavy (non-hydrogen) atoms. The number of halogens is 2. The topological polar surface area (TPSA) is 48.7 Å². The highest BCUT2D eigenvalue weighted by molar-refractivity contribution is 14.1. The summed E-state index contributed by atoms with van der Waals surface area (Å²) in [7, 11) is 0. The number of nitrogens with zero attached hydrogens (tertiary/aromatic N) is 2. The summed E-state index contributed by atoms with van der Waals surface area (Å²) >= 11 is 2.00. The first-order chi connectivity index (χ1) is 6.63. The largest absolute Gasteiger partial charge is 0.368 e. The molecule has 0 saturated heterocycles. The van der Waals surface area contributed by atoms with Gasteiger partial charge in [-0.2, -0.15) is 5.26 Å². The SMILES string of the molecule is CC(C#N)CNc1ncc(F)cc1I. The van der Waals surface area contributed by atoms with Gasteiger partial charge in [-0.3, -0.25) is 0 Å². The number of nitrogens with one attached hydrogen (secondary N) is 1. The second-order valence-corrected chi connectivity index (χ2v) is 4.06.